The minimum atomic E-state index is 0.513. The molecule has 0 aliphatic heterocycles. The molecule has 4 N–H and O–H groups in total. The van der Waals surface area contributed by atoms with Crippen LogP contribution >= 0.6 is 0 Å². The molecule has 1 heterocycles. The Hall–Kier alpha value is -1.45. The molecule has 0 spiro atoms. The number of anilines is 2. The van der Waals surface area contributed by atoms with Crippen molar-refractivity contribution in [3.63, 3.8) is 0 Å². The maximum atomic E-state index is 5.67. The summed E-state index contributed by atoms with van der Waals surface area (Å²) >= 11 is 0. The van der Waals surface area contributed by atoms with Crippen molar-refractivity contribution in [2.45, 2.75) is 13.3 Å². The van der Waals surface area contributed by atoms with Gasteiger partial charge in [0.2, 0.25) is 5.88 Å². The monoisotopic (exact) mass is 167 g/mol. The lowest BCUT2D eigenvalue weighted by molar-refractivity contribution is 0.397. The molecule has 66 valence electrons. The zero-order chi connectivity index (χ0) is 9.14. The fraction of sp³-hybridized carbons (Fsp3) is 0.375. The SMILES string of the molecule is CCc1nc(OC)cc(N)c1N. The molecule has 4 heteroatoms. The molecule has 0 aliphatic carbocycles. The van der Waals surface area contributed by atoms with Crippen molar-refractivity contribution in [2.75, 3.05) is 18.6 Å². The molecule has 0 amide bonds. The summed E-state index contributed by atoms with van der Waals surface area (Å²) in [5.41, 5.74) is 13.2. The molecule has 0 atom stereocenters. The Morgan fingerprint density at radius 2 is 2.17 bits per heavy atom. The Balaban J connectivity index is 3.19. The number of pyridine rings is 1. The first kappa shape index (κ1) is 8.64. The number of nitrogens with zero attached hydrogens (tertiary/aromatic N) is 1. The molecule has 0 unspecified atom stereocenters. The lowest BCUT2D eigenvalue weighted by atomic mass is 10.2. The maximum Gasteiger partial charge on any atom is 0.215 e. The second-order valence-corrected chi connectivity index (χ2v) is 2.47. The van der Waals surface area contributed by atoms with Crippen LogP contribution in [0.1, 0.15) is 12.6 Å². The van der Waals surface area contributed by atoms with Gasteiger partial charge in [0.05, 0.1) is 24.2 Å². The Kier molecular flexibility index (Phi) is 2.38. The van der Waals surface area contributed by atoms with E-state index >= 15 is 0 Å². The first-order chi connectivity index (χ1) is 5.69. The van der Waals surface area contributed by atoms with Crippen LogP contribution in [0.4, 0.5) is 11.4 Å². The fourth-order valence-electron chi connectivity index (χ4n) is 0.977. The third-order valence-corrected chi connectivity index (χ3v) is 1.69. The van der Waals surface area contributed by atoms with Gasteiger partial charge in [0, 0.05) is 6.07 Å². The van der Waals surface area contributed by atoms with Crippen molar-refractivity contribution in [2.24, 2.45) is 0 Å². The van der Waals surface area contributed by atoms with E-state index in [2.05, 4.69) is 4.98 Å². The zero-order valence-electron chi connectivity index (χ0n) is 7.29. The van der Waals surface area contributed by atoms with Crippen LogP contribution in [0, 0.1) is 0 Å². The number of aromatic nitrogens is 1. The predicted octanol–water partition coefficient (Wildman–Crippen LogP) is 0.817. The molecule has 0 bridgehead atoms. The van der Waals surface area contributed by atoms with Gasteiger partial charge in [0.1, 0.15) is 0 Å². The van der Waals surface area contributed by atoms with Gasteiger partial charge in [-0.2, -0.15) is 0 Å². The van der Waals surface area contributed by atoms with E-state index in [0.717, 1.165) is 12.1 Å². The number of aryl methyl sites for hydroxylation is 1. The van der Waals surface area contributed by atoms with Crippen LogP contribution in [-0.4, -0.2) is 12.1 Å². The lowest BCUT2D eigenvalue weighted by Gasteiger charge is -2.07. The Morgan fingerprint density at radius 1 is 1.50 bits per heavy atom. The third-order valence-electron chi connectivity index (χ3n) is 1.69. The number of nitrogens with two attached hydrogens (primary N) is 2. The molecule has 0 radical (unpaired) electrons. The van der Waals surface area contributed by atoms with Crippen molar-refractivity contribution in [1.82, 2.24) is 4.98 Å². The van der Waals surface area contributed by atoms with Gasteiger partial charge >= 0.3 is 0 Å². The molecule has 1 rings (SSSR count). The maximum absolute atomic E-state index is 5.67. The number of nitrogen functional groups attached to an aromatic ring is 2. The van der Waals surface area contributed by atoms with Gasteiger partial charge in [0.25, 0.3) is 0 Å². The average molecular weight is 167 g/mol. The molecule has 0 aliphatic rings. The van der Waals surface area contributed by atoms with Gasteiger partial charge < -0.3 is 16.2 Å². The Bertz CT molecular complexity index is 286. The highest BCUT2D eigenvalue weighted by molar-refractivity contribution is 5.66. The van der Waals surface area contributed by atoms with Crippen LogP contribution in [0.2, 0.25) is 0 Å². The molecule has 4 nitrogen and oxygen atoms in total. The van der Waals surface area contributed by atoms with Crippen molar-refractivity contribution in [3.8, 4) is 5.88 Å². The lowest BCUT2D eigenvalue weighted by Crippen LogP contribution is -2.03. The van der Waals surface area contributed by atoms with E-state index in [0.29, 0.717) is 17.3 Å². The first-order valence-corrected chi connectivity index (χ1v) is 3.77. The number of hydrogen-bond donors (Lipinski definition) is 2. The molecule has 12 heavy (non-hydrogen) atoms. The van der Waals surface area contributed by atoms with Gasteiger partial charge in [-0.15, -0.1) is 0 Å². The largest absolute Gasteiger partial charge is 0.481 e. The molecule has 0 saturated carbocycles. The average Bonchev–Trinajstić information content (AvgIpc) is 2.09. The van der Waals surface area contributed by atoms with E-state index in [1.807, 2.05) is 6.92 Å². The number of ether oxygens (including phenoxy) is 1. The van der Waals surface area contributed by atoms with Gasteiger partial charge in [-0.1, -0.05) is 6.92 Å². The van der Waals surface area contributed by atoms with E-state index in [1.165, 1.54) is 0 Å². The highest BCUT2D eigenvalue weighted by Gasteiger charge is 2.05. The van der Waals surface area contributed by atoms with Crippen LogP contribution in [0.25, 0.3) is 0 Å². The van der Waals surface area contributed by atoms with E-state index in [1.54, 1.807) is 13.2 Å². The molecule has 1 aromatic rings. The summed E-state index contributed by atoms with van der Waals surface area (Å²) in [6.45, 7) is 1.97. The second kappa shape index (κ2) is 3.30. The summed E-state index contributed by atoms with van der Waals surface area (Å²) in [6.07, 6.45) is 0.757. The van der Waals surface area contributed by atoms with E-state index in [9.17, 15) is 0 Å². The molecule has 0 fully saturated rings. The van der Waals surface area contributed by atoms with E-state index in [-0.39, 0.29) is 0 Å². The predicted molar refractivity (Wildman–Crippen MR) is 49.0 cm³/mol. The van der Waals surface area contributed by atoms with Crippen LogP contribution in [-0.2, 0) is 6.42 Å². The van der Waals surface area contributed by atoms with Crippen molar-refractivity contribution in [3.05, 3.63) is 11.8 Å². The summed E-state index contributed by atoms with van der Waals surface area (Å²) in [6, 6.07) is 1.62. The third kappa shape index (κ3) is 1.42. The molecular weight excluding hydrogens is 154 g/mol. The standard InChI is InChI=1S/C8H13N3O/c1-3-6-8(10)5(9)4-7(11-6)12-2/h4H,3,10H2,1-2H3,(H2,9,11). The van der Waals surface area contributed by atoms with Crippen molar-refractivity contribution >= 4 is 11.4 Å². The van der Waals surface area contributed by atoms with Crippen LogP contribution in [0.5, 0.6) is 5.88 Å². The quantitative estimate of drug-likeness (QED) is 0.683. The summed E-state index contributed by atoms with van der Waals surface area (Å²) in [7, 11) is 1.55. The zero-order valence-corrected chi connectivity index (χ0v) is 7.29. The Morgan fingerprint density at radius 3 is 2.67 bits per heavy atom. The van der Waals surface area contributed by atoms with Crippen molar-refractivity contribution in [1.29, 1.82) is 0 Å². The van der Waals surface area contributed by atoms with Gasteiger partial charge in [-0.05, 0) is 6.42 Å². The topological polar surface area (TPSA) is 74.2 Å². The molecule has 1 aromatic heterocycles. The fourth-order valence-corrected chi connectivity index (χ4v) is 0.977. The summed E-state index contributed by atoms with van der Waals surface area (Å²) < 4.78 is 4.95. The van der Waals surface area contributed by atoms with Crippen LogP contribution in [0.3, 0.4) is 0 Å². The van der Waals surface area contributed by atoms with Crippen LogP contribution < -0.4 is 16.2 Å². The van der Waals surface area contributed by atoms with Crippen molar-refractivity contribution < 1.29 is 4.74 Å². The van der Waals surface area contributed by atoms with Gasteiger partial charge in [0.15, 0.2) is 0 Å². The number of rotatable bonds is 2. The highest BCUT2D eigenvalue weighted by Crippen LogP contribution is 2.23. The van der Waals surface area contributed by atoms with Gasteiger partial charge in [-0.3, -0.25) is 0 Å². The van der Waals surface area contributed by atoms with Crippen LogP contribution in [0.15, 0.2) is 6.07 Å². The number of hydrogen-bond acceptors (Lipinski definition) is 4. The smallest absolute Gasteiger partial charge is 0.215 e. The van der Waals surface area contributed by atoms with E-state index in [4.69, 9.17) is 16.2 Å². The summed E-state index contributed by atoms with van der Waals surface area (Å²) in [4.78, 5) is 4.14. The number of methoxy groups -OCH3 is 1. The minimum Gasteiger partial charge on any atom is -0.481 e. The molecule has 0 saturated heterocycles. The second-order valence-electron chi connectivity index (χ2n) is 2.47. The minimum absolute atomic E-state index is 0.513. The highest BCUT2D eigenvalue weighted by atomic mass is 16.5. The molecular formula is C8H13N3O. The summed E-state index contributed by atoms with van der Waals surface area (Å²) in [5.74, 6) is 0.513. The molecule has 0 aromatic carbocycles. The normalized spacial score (nSPS) is 9.83. The Labute approximate surface area is 71.5 Å². The first-order valence-electron chi connectivity index (χ1n) is 3.77. The van der Waals surface area contributed by atoms with E-state index < -0.39 is 0 Å². The summed E-state index contributed by atoms with van der Waals surface area (Å²) in [5, 5.41) is 0. The van der Waals surface area contributed by atoms with Gasteiger partial charge in [-0.25, -0.2) is 4.98 Å².